The zero-order valence-electron chi connectivity index (χ0n) is 11.5. The van der Waals surface area contributed by atoms with Gasteiger partial charge in [-0.25, -0.2) is 13.8 Å². The molecule has 0 saturated carbocycles. The first kappa shape index (κ1) is 14.2. The van der Waals surface area contributed by atoms with Crippen LogP contribution >= 0.6 is 0 Å². The van der Waals surface area contributed by atoms with Crippen LogP contribution in [0.3, 0.4) is 0 Å². The predicted molar refractivity (Wildman–Crippen MR) is 75.8 cm³/mol. The van der Waals surface area contributed by atoms with Crippen LogP contribution in [0.4, 0.5) is 8.78 Å². The molecular weight excluding hydrogens is 262 g/mol. The lowest BCUT2D eigenvalue weighted by Crippen LogP contribution is -2.04. The fourth-order valence-corrected chi connectivity index (χ4v) is 2.29. The van der Waals surface area contributed by atoms with Gasteiger partial charge in [0, 0.05) is 11.6 Å². The number of imidazole rings is 1. The summed E-state index contributed by atoms with van der Waals surface area (Å²) in [5.41, 5.74) is 6.35. The highest BCUT2D eigenvalue weighted by molar-refractivity contribution is 5.89. The van der Waals surface area contributed by atoms with Crippen LogP contribution in [-0.2, 0) is 0 Å². The number of hydrogen-bond acceptors (Lipinski definition) is 3. The summed E-state index contributed by atoms with van der Waals surface area (Å²) in [6.45, 7) is 5.70. The quantitative estimate of drug-likeness (QED) is 0.846. The van der Waals surface area contributed by atoms with E-state index in [1.807, 2.05) is 18.4 Å². The maximum Gasteiger partial charge on any atom is 0.164 e. The minimum Gasteiger partial charge on any atom is -0.396 e. The maximum absolute atomic E-state index is 14.1. The number of aromatic nitrogens is 2. The van der Waals surface area contributed by atoms with Crippen molar-refractivity contribution in [2.75, 3.05) is 0 Å². The molecule has 0 radical (unpaired) electrons. The van der Waals surface area contributed by atoms with Gasteiger partial charge in [0.1, 0.15) is 11.3 Å². The lowest BCUT2D eigenvalue weighted by molar-refractivity contribution is 0.600. The fourth-order valence-electron chi connectivity index (χ4n) is 2.29. The summed E-state index contributed by atoms with van der Waals surface area (Å²) in [7, 11) is 0. The Morgan fingerprint density at radius 1 is 1.45 bits per heavy atom. The Morgan fingerprint density at radius 3 is 2.65 bits per heavy atom. The van der Waals surface area contributed by atoms with E-state index in [1.54, 1.807) is 13.0 Å². The van der Waals surface area contributed by atoms with Crippen molar-refractivity contribution in [1.29, 1.82) is 5.41 Å². The van der Waals surface area contributed by atoms with Gasteiger partial charge in [0.25, 0.3) is 0 Å². The van der Waals surface area contributed by atoms with E-state index in [1.165, 1.54) is 0 Å². The summed E-state index contributed by atoms with van der Waals surface area (Å²) in [4.78, 5) is 4.19. The molecule has 6 heteroatoms. The number of rotatable bonds is 3. The highest BCUT2D eigenvalue weighted by atomic mass is 19.1. The third-order valence-electron chi connectivity index (χ3n) is 3.14. The highest BCUT2D eigenvalue weighted by Gasteiger charge is 2.16. The SMILES string of the molecule is Cc1nc2c(F)cc(C(N)=C(F)C=N)cc2n1C(C)C. The van der Waals surface area contributed by atoms with Gasteiger partial charge >= 0.3 is 0 Å². The van der Waals surface area contributed by atoms with Crippen molar-refractivity contribution in [3.63, 3.8) is 0 Å². The molecule has 0 fully saturated rings. The third-order valence-corrected chi connectivity index (χ3v) is 3.14. The Morgan fingerprint density at radius 2 is 2.10 bits per heavy atom. The first-order chi connectivity index (χ1) is 9.36. The van der Waals surface area contributed by atoms with Crippen molar-refractivity contribution in [2.45, 2.75) is 26.8 Å². The highest BCUT2D eigenvalue weighted by Crippen LogP contribution is 2.27. The minimum absolute atomic E-state index is 0.0902. The van der Waals surface area contributed by atoms with Crippen LogP contribution in [0.1, 0.15) is 31.3 Å². The molecule has 2 rings (SSSR count). The van der Waals surface area contributed by atoms with Crippen LogP contribution in [0.5, 0.6) is 0 Å². The smallest absolute Gasteiger partial charge is 0.164 e. The first-order valence-corrected chi connectivity index (χ1v) is 6.21. The van der Waals surface area contributed by atoms with Gasteiger partial charge < -0.3 is 15.7 Å². The van der Waals surface area contributed by atoms with E-state index < -0.39 is 11.6 Å². The molecule has 106 valence electrons. The van der Waals surface area contributed by atoms with E-state index in [4.69, 9.17) is 11.1 Å². The largest absolute Gasteiger partial charge is 0.396 e. The molecule has 0 aliphatic heterocycles. The minimum atomic E-state index is -0.893. The number of nitrogens with zero attached hydrogens (tertiary/aromatic N) is 2. The molecule has 1 aromatic carbocycles. The second-order valence-corrected chi connectivity index (χ2v) is 4.85. The van der Waals surface area contributed by atoms with Crippen molar-refractivity contribution >= 4 is 22.9 Å². The molecule has 20 heavy (non-hydrogen) atoms. The zero-order chi connectivity index (χ0) is 15.0. The van der Waals surface area contributed by atoms with Crippen LogP contribution in [0.25, 0.3) is 16.7 Å². The molecular formula is C14H16F2N4. The number of aryl methyl sites for hydroxylation is 1. The Kier molecular flexibility index (Phi) is 3.57. The number of nitrogens with two attached hydrogens (primary N) is 1. The van der Waals surface area contributed by atoms with Gasteiger partial charge in [-0.15, -0.1) is 0 Å². The molecule has 0 amide bonds. The normalized spacial score (nSPS) is 12.9. The number of allylic oxidation sites excluding steroid dienone is 1. The van der Waals surface area contributed by atoms with Gasteiger partial charge in [-0.2, -0.15) is 0 Å². The average molecular weight is 278 g/mol. The Bertz CT molecular complexity index is 714. The van der Waals surface area contributed by atoms with Crippen LogP contribution in [0.15, 0.2) is 18.0 Å². The molecule has 3 N–H and O–H groups in total. The zero-order valence-corrected chi connectivity index (χ0v) is 11.5. The first-order valence-electron chi connectivity index (χ1n) is 6.21. The third kappa shape index (κ3) is 2.17. The topological polar surface area (TPSA) is 67.7 Å². The molecule has 2 aromatic rings. The molecule has 0 bridgehead atoms. The van der Waals surface area contributed by atoms with E-state index in [9.17, 15) is 8.78 Å². The summed E-state index contributed by atoms with van der Waals surface area (Å²) < 4.78 is 29.3. The van der Waals surface area contributed by atoms with Crippen LogP contribution in [-0.4, -0.2) is 15.8 Å². The number of benzene rings is 1. The van der Waals surface area contributed by atoms with E-state index in [0.29, 0.717) is 17.6 Å². The average Bonchev–Trinajstić information content (AvgIpc) is 2.73. The fraction of sp³-hybridized carbons (Fsp3) is 0.286. The van der Waals surface area contributed by atoms with Crippen molar-refractivity contribution < 1.29 is 8.78 Å². The maximum atomic E-state index is 14.1. The summed E-state index contributed by atoms with van der Waals surface area (Å²) in [5, 5.41) is 6.87. The van der Waals surface area contributed by atoms with Crippen LogP contribution in [0, 0.1) is 18.2 Å². The molecule has 1 aromatic heterocycles. The van der Waals surface area contributed by atoms with Gasteiger partial charge in [-0.1, -0.05) is 0 Å². The van der Waals surface area contributed by atoms with E-state index >= 15 is 0 Å². The van der Waals surface area contributed by atoms with Crippen LogP contribution < -0.4 is 5.73 Å². The molecule has 0 unspecified atom stereocenters. The monoisotopic (exact) mass is 278 g/mol. The predicted octanol–water partition coefficient (Wildman–Crippen LogP) is 3.31. The van der Waals surface area contributed by atoms with E-state index in [-0.39, 0.29) is 22.8 Å². The van der Waals surface area contributed by atoms with E-state index in [0.717, 1.165) is 6.07 Å². The van der Waals surface area contributed by atoms with Gasteiger partial charge in [0.2, 0.25) is 0 Å². The summed E-state index contributed by atoms with van der Waals surface area (Å²) in [5.74, 6) is -0.766. The second-order valence-electron chi connectivity index (χ2n) is 4.85. The van der Waals surface area contributed by atoms with Crippen LogP contribution in [0.2, 0.25) is 0 Å². The molecule has 0 spiro atoms. The Hall–Kier alpha value is -2.24. The van der Waals surface area contributed by atoms with Gasteiger partial charge in [-0.3, -0.25) is 0 Å². The Balaban J connectivity index is 2.80. The molecule has 0 atom stereocenters. The summed E-state index contributed by atoms with van der Waals surface area (Å²) in [6.07, 6.45) is 0.502. The summed E-state index contributed by atoms with van der Waals surface area (Å²) >= 11 is 0. The Labute approximate surface area is 115 Å². The number of fused-ring (bicyclic) bond motifs is 1. The van der Waals surface area contributed by atoms with Crippen molar-refractivity contribution in [2.24, 2.45) is 5.73 Å². The van der Waals surface area contributed by atoms with Gasteiger partial charge in [-0.05, 0) is 32.9 Å². The second kappa shape index (κ2) is 5.03. The van der Waals surface area contributed by atoms with E-state index in [2.05, 4.69) is 4.98 Å². The lowest BCUT2D eigenvalue weighted by Gasteiger charge is -2.11. The number of hydrogen-bond donors (Lipinski definition) is 2. The lowest BCUT2D eigenvalue weighted by atomic mass is 10.1. The van der Waals surface area contributed by atoms with Crippen molar-refractivity contribution in [3.05, 3.63) is 35.2 Å². The number of nitrogens with one attached hydrogen (secondary N) is 1. The standard InChI is InChI=1S/C14H16F2N4/c1-7(2)20-8(3)19-14-10(15)4-9(5-12(14)20)13(18)11(16)6-17/h4-7,17H,18H2,1-3H3. The molecule has 4 nitrogen and oxygen atoms in total. The molecule has 0 aliphatic rings. The molecule has 1 heterocycles. The van der Waals surface area contributed by atoms with Gasteiger partial charge in [0.05, 0.1) is 17.4 Å². The summed E-state index contributed by atoms with van der Waals surface area (Å²) in [6, 6.07) is 2.82. The molecule has 0 saturated heterocycles. The van der Waals surface area contributed by atoms with Gasteiger partial charge in [0.15, 0.2) is 11.6 Å². The molecule has 0 aliphatic carbocycles. The number of halogens is 2. The van der Waals surface area contributed by atoms with Crippen molar-refractivity contribution in [3.8, 4) is 0 Å². The van der Waals surface area contributed by atoms with Crippen molar-refractivity contribution in [1.82, 2.24) is 9.55 Å².